The molecule has 0 unspecified atom stereocenters. The number of rotatable bonds is 5. The average Bonchev–Trinajstić information content (AvgIpc) is 2.75. The van der Waals surface area contributed by atoms with E-state index in [2.05, 4.69) is 53.8 Å². The smallest absolute Gasteiger partial charge is 0.194 e. The third-order valence-electron chi connectivity index (χ3n) is 2.76. The van der Waals surface area contributed by atoms with E-state index in [9.17, 15) is 0 Å². The largest absolute Gasteiger partial charge is 0.311 e. The first-order chi connectivity index (χ1) is 8.22. The van der Waals surface area contributed by atoms with E-state index in [1.807, 2.05) is 0 Å². The van der Waals surface area contributed by atoms with Gasteiger partial charge in [-0.3, -0.25) is 4.40 Å². The number of aryl methyl sites for hydroxylation is 2. The molecule has 0 saturated carbocycles. The lowest BCUT2D eigenvalue weighted by Gasteiger charge is -2.03. The molecule has 1 N–H and O–H groups in total. The fourth-order valence-electron chi connectivity index (χ4n) is 1.88. The minimum absolute atomic E-state index is 0.890. The van der Waals surface area contributed by atoms with Crippen LogP contribution in [0.2, 0.25) is 0 Å². The molecule has 17 heavy (non-hydrogen) atoms. The minimum atomic E-state index is 0.890. The number of nitrogens with zero attached hydrogens (tertiary/aromatic N) is 2. The highest BCUT2D eigenvalue weighted by molar-refractivity contribution is 7.17. The standard InChI is InChI=1S/C13H19N3S/c1-4-5-6-7-14-8-12-11(3)15-13-16(12)9-10(2)17-13/h4-5,9,14H,6-8H2,1-3H3/b5-4+. The van der Waals surface area contributed by atoms with Crippen molar-refractivity contribution in [2.45, 2.75) is 33.7 Å². The van der Waals surface area contributed by atoms with Crippen LogP contribution in [0.3, 0.4) is 0 Å². The number of allylic oxidation sites excluding steroid dienone is 1. The first-order valence-corrected chi connectivity index (χ1v) is 6.80. The normalized spacial score (nSPS) is 11.9. The van der Waals surface area contributed by atoms with Crippen molar-refractivity contribution in [1.82, 2.24) is 14.7 Å². The summed E-state index contributed by atoms with van der Waals surface area (Å²) in [4.78, 5) is 6.99. The van der Waals surface area contributed by atoms with Gasteiger partial charge < -0.3 is 5.32 Å². The molecule has 2 rings (SSSR count). The van der Waals surface area contributed by atoms with E-state index in [1.165, 1.54) is 10.6 Å². The van der Waals surface area contributed by atoms with Crippen LogP contribution in [0.15, 0.2) is 18.3 Å². The van der Waals surface area contributed by atoms with Crippen LogP contribution in [-0.4, -0.2) is 15.9 Å². The summed E-state index contributed by atoms with van der Waals surface area (Å²) in [5.74, 6) is 0. The molecule has 0 aliphatic carbocycles. The highest BCUT2D eigenvalue weighted by Gasteiger charge is 2.09. The number of hydrogen-bond donors (Lipinski definition) is 1. The third-order valence-corrected chi connectivity index (χ3v) is 3.65. The predicted molar refractivity (Wildman–Crippen MR) is 73.7 cm³/mol. The number of aromatic nitrogens is 2. The lowest BCUT2D eigenvalue weighted by atomic mass is 10.3. The van der Waals surface area contributed by atoms with E-state index < -0.39 is 0 Å². The van der Waals surface area contributed by atoms with E-state index in [-0.39, 0.29) is 0 Å². The first kappa shape index (κ1) is 12.3. The average molecular weight is 249 g/mol. The maximum atomic E-state index is 4.58. The van der Waals surface area contributed by atoms with E-state index in [0.29, 0.717) is 0 Å². The van der Waals surface area contributed by atoms with Crippen LogP contribution < -0.4 is 5.32 Å². The molecule has 0 aliphatic heterocycles. The SMILES string of the molecule is C/C=C/CCNCc1c(C)nc2sc(C)cn12. The molecule has 0 aromatic carbocycles. The molecule has 0 atom stereocenters. The van der Waals surface area contributed by atoms with Gasteiger partial charge >= 0.3 is 0 Å². The summed E-state index contributed by atoms with van der Waals surface area (Å²) in [6, 6.07) is 0. The summed E-state index contributed by atoms with van der Waals surface area (Å²) in [6.45, 7) is 8.16. The number of imidazole rings is 1. The summed E-state index contributed by atoms with van der Waals surface area (Å²) < 4.78 is 2.21. The van der Waals surface area contributed by atoms with E-state index in [4.69, 9.17) is 0 Å². The highest BCUT2D eigenvalue weighted by Crippen LogP contribution is 2.20. The Morgan fingerprint density at radius 3 is 3.06 bits per heavy atom. The zero-order valence-electron chi connectivity index (χ0n) is 10.7. The van der Waals surface area contributed by atoms with Gasteiger partial charge in [0.05, 0.1) is 11.4 Å². The molecule has 3 nitrogen and oxygen atoms in total. The van der Waals surface area contributed by atoms with Crippen molar-refractivity contribution in [2.24, 2.45) is 0 Å². The second-order valence-corrected chi connectivity index (χ2v) is 5.39. The van der Waals surface area contributed by atoms with Crippen molar-refractivity contribution in [1.29, 1.82) is 0 Å². The van der Waals surface area contributed by atoms with E-state index in [1.54, 1.807) is 11.3 Å². The molecule has 0 bridgehead atoms. The minimum Gasteiger partial charge on any atom is -0.311 e. The summed E-state index contributed by atoms with van der Waals surface area (Å²) in [5.41, 5.74) is 2.42. The number of nitrogens with one attached hydrogen (secondary N) is 1. The maximum absolute atomic E-state index is 4.58. The van der Waals surface area contributed by atoms with Gasteiger partial charge in [-0.2, -0.15) is 0 Å². The Labute approximate surface area is 106 Å². The highest BCUT2D eigenvalue weighted by atomic mass is 32.1. The topological polar surface area (TPSA) is 29.3 Å². The predicted octanol–water partition coefficient (Wildman–Crippen LogP) is 3.07. The molecule has 0 amide bonds. The fourth-order valence-corrected chi connectivity index (χ4v) is 2.77. The van der Waals surface area contributed by atoms with E-state index >= 15 is 0 Å². The van der Waals surface area contributed by atoms with Gasteiger partial charge in [0.15, 0.2) is 4.96 Å². The Hall–Kier alpha value is -1.13. The van der Waals surface area contributed by atoms with Crippen LogP contribution in [-0.2, 0) is 6.54 Å². The summed E-state index contributed by atoms with van der Waals surface area (Å²) in [7, 11) is 0. The molecular formula is C13H19N3S. The van der Waals surface area contributed by atoms with Crippen LogP contribution in [0.5, 0.6) is 0 Å². The van der Waals surface area contributed by atoms with Crippen LogP contribution in [0.1, 0.15) is 29.6 Å². The van der Waals surface area contributed by atoms with Crippen LogP contribution in [0.25, 0.3) is 4.96 Å². The molecule has 0 saturated heterocycles. The molecular weight excluding hydrogens is 230 g/mol. The van der Waals surface area contributed by atoms with E-state index in [0.717, 1.165) is 30.2 Å². The molecule has 2 aromatic rings. The molecule has 2 heterocycles. The maximum Gasteiger partial charge on any atom is 0.194 e. The van der Waals surface area contributed by atoms with Gasteiger partial charge in [0, 0.05) is 17.6 Å². The lowest BCUT2D eigenvalue weighted by Crippen LogP contribution is -2.15. The van der Waals surface area contributed by atoms with Crippen molar-refractivity contribution >= 4 is 16.3 Å². The van der Waals surface area contributed by atoms with Gasteiger partial charge in [0.25, 0.3) is 0 Å². The molecule has 0 radical (unpaired) electrons. The Balaban J connectivity index is 2.04. The van der Waals surface area contributed by atoms with Crippen LogP contribution in [0.4, 0.5) is 0 Å². The van der Waals surface area contributed by atoms with Crippen molar-refractivity contribution < 1.29 is 0 Å². The van der Waals surface area contributed by atoms with Gasteiger partial charge in [-0.25, -0.2) is 4.98 Å². The molecule has 2 aromatic heterocycles. The second kappa shape index (κ2) is 5.47. The molecule has 0 spiro atoms. The molecule has 0 aliphatic rings. The van der Waals surface area contributed by atoms with Gasteiger partial charge in [0.1, 0.15) is 0 Å². The Morgan fingerprint density at radius 1 is 1.47 bits per heavy atom. The molecule has 92 valence electrons. The summed E-state index contributed by atoms with van der Waals surface area (Å²) in [6.07, 6.45) is 7.52. The van der Waals surface area contributed by atoms with Gasteiger partial charge in [-0.15, -0.1) is 11.3 Å². The second-order valence-electron chi connectivity index (χ2n) is 4.17. The molecule has 0 fully saturated rings. The Kier molecular flexibility index (Phi) is 3.97. The van der Waals surface area contributed by atoms with Gasteiger partial charge in [0.2, 0.25) is 0 Å². The number of fused-ring (bicyclic) bond motifs is 1. The fraction of sp³-hybridized carbons (Fsp3) is 0.462. The Bertz CT molecular complexity index is 522. The first-order valence-electron chi connectivity index (χ1n) is 5.98. The van der Waals surface area contributed by atoms with Crippen molar-refractivity contribution in [3.63, 3.8) is 0 Å². The quantitative estimate of drug-likeness (QED) is 0.652. The monoisotopic (exact) mass is 249 g/mol. The van der Waals surface area contributed by atoms with Crippen molar-refractivity contribution in [3.8, 4) is 0 Å². The van der Waals surface area contributed by atoms with Gasteiger partial charge in [-0.1, -0.05) is 12.2 Å². The zero-order valence-corrected chi connectivity index (χ0v) is 11.5. The van der Waals surface area contributed by atoms with Crippen LogP contribution >= 0.6 is 11.3 Å². The number of thiazole rings is 1. The van der Waals surface area contributed by atoms with Gasteiger partial charge in [-0.05, 0) is 33.7 Å². The van der Waals surface area contributed by atoms with Crippen LogP contribution in [0, 0.1) is 13.8 Å². The Morgan fingerprint density at radius 2 is 2.29 bits per heavy atom. The summed E-state index contributed by atoms with van der Waals surface area (Å²) in [5, 5.41) is 3.46. The lowest BCUT2D eigenvalue weighted by molar-refractivity contribution is 0.675. The summed E-state index contributed by atoms with van der Waals surface area (Å²) >= 11 is 1.75. The third kappa shape index (κ3) is 2.76. The number of hydrogen-bond acceptors (Lipinski definition) is 3. The van der Waals surface area contributed by atoms with Crippen molar-refractivity contribution in [3.05, 3.63) is 34.6 Å². The van der Waals surface area contributed by atoms with Crippen molar-refractivity contribution in [2.75, 3.05) is 6.54 Å². The molecule has 4 heteroatoms. The zero-order chi connectivity index (χ0) is 12.3.